The molecule has 0 aliphatic rings. The predicted octanol–water partition coefficient (Wildman–Crippen LogP) is 0.642. The van der Waals surface area contributed by atoms with E-state index in [9.17, 15) is 9.90 Å². The maximum absolute atomic E-state index is 11.1. The number of carbonyl (C=O) groups excluding carboxylic acids is 1. The van der Waals surface area contributed by atoms with Crippen LogP contribution in [0, 0.1) is 0 Å². The van der Waals surface area contributed by atoms with Crippen molar-refractivity contribution in [2.75, 3.05) is 25.7 Å². The molecule has 0 aromatic heterocycles. The van der Waals surface area contributed by atoms with E-state index in [1.54, 1.807) is 11.8 Å². The first kappa shape index (κ1) is 14.7. The lowest BCUT2D eigenvalue weighted by atomic mass is 10.1. The third kappa shape index (κ3) is 6.02. The van der Waals surface area contributed by atoms with Gasteiger partial charge >= 0.3 is 5.97 Å². The predicted molar refractivity (Wildman–Crippen MR) is 63.1 cm³/mol. The highest BCUT2D eigenvalue weighted by molar-refractivity contribution is 7.98. The Kier molecular flexibility index (Phi) is 6.96. The third-order valence-corrected chi connectivity index (χ3v) is 2.82. The molecule has 2 N–H and O–H groups in total. The molecule has 90 valence electrons. The lowest BCUT2D eigenvalue weighted by molar-refractivity contribution is -0.160. The van der Waals surface area contributed by atoms with E-state index in [0.717, 1.165) is 12.2 Å². The number of ether oxygens (including phenoxy) is 1. The van der Waals surface area contributed by atoms with E-state index >= 15 is 0 Å². The van der Waals surface area contributed by atoms with Gasteiger partial charge in [0.15, 0.2) is 5.60 Å². The molecule has 0 fully saturated rings. The summed E-state index contributed by atoms with van der Waals surface area (Å²) in [6.45, 7) is 3.70. The monoisotopic (exact) mass is 235 g/mol. The highest BCUT2D eigenvalue weighted by atomic mass is 32.2. The van der Waals surface area contributed by atoms with Gasteiger partial charge in [-0.25, -0.2) is 4.79 Å². The minimum atomic E-state index is -1.44. The van der Waals surface area contributed by atoms with Gasteiger partial charge in [-0.15, -0.1) is 0 Å². The van der Waals surface area contributed by atoms with Crippen LogP contribution in [0.25, 0.3) is 0 Å². The lowest BCUT2D eigenvalue weighted by Gasteiger charge is -2.23. The Labute approximate surface area is 95.8 Å². The van der Waals surface area contributed by atoms with Crippen LogP contribution >= 0.6 is 11.8 Å². The van der Waals surface area contributed by atoms with Gasteiger partial charge in [0.1, 0.15) is 0 Å². The minimum absolute atomic E-state index is 0.217. The molecular formula is C10H21NO3S. The molecular weight excluding hydrogens is 214 g/mol. The largest absolute Gasteiger partial charge is 0.467 e. The molecule has 4 nitrogen and oxygen atoms in total. The van der Waals surface area contributed by atoms with Crippen LogP contribution in [0.1, 0.15) is 20.3 Å². The smallest absolute Gasteiger partial charge is 0.338 e. The van der Waals surface area contributed by atoms with Gasteiger partial charge in [0.05, 0.1) is 7.11 Å². The number of carbonyl (C=O) groups is 1. The fourth-order valence-corrected chi connectivity index (χ4v) is 1.65. The van der Waals surface area contributed by atoms with Crippen LogP contribution < -0.4 is 5.32 Å². The topological polar surface area (TPSA) is 58.6 Å². The van der Waals surface area contributed by atoms with E-state index in [0.29, 0.717) is 0 Å². The molecule has 0 aromatic rings. The van der Waals surface area contributed by atoms with Gasteiger partial charge in [0, 0.05) is 12.6 Å². The van der Waals surface area contributed by atoms with Crippen LogP contribution in [0.4, 0.5) is 0 Å². The zero-order valence-electron chi connectivity index (χ0n) is 9.87. The highest BCUT2D eigenvalue weighted by Crippen LogP contribution is 2.06. The van der Waals surface area contributed by atoms with E-state index in [-0.39, 0.29) is 12.6 Å². The van der Waals surface area contributed by atoms with Crippen molar-refractivity contribution in [1.82, 2.24) is 5.32 Å². The van der Waals surface area contributed by atoms with Crippen molar-refractivity contribution in [3.8, 4) is 0 Å². The average molecular weight is 235 g/mol. The third-order valence-electron chi connectivity index (χ3n) is 2.17. The Morgan fingerprint density at radius 2 is 2.27 bits per heavy atom. The molecule has 2 unspecified atom stereocenters. The van der Waals surface area contributed by atoms with E-state index in [1.807, 2.05) is 6.92 Å². The van der Waals surface area contributed by atoms with Crippen LogP contribution in [0.15, 0.2) is 0 Å². The maximum atomic E-state index is 11.1. The van der Waals surface area contributed by atoms with Crippen molar-refractivity contribution in [2.45, 2.75) is 31.9 Å². The van der Waals surface area contributed by atoms with E-state index in [1.165, 1.54) is 14.0 Å². The fourth-order valence-electron chi connectivity index (χ4n) is 1.06. The van der Waals surface area contributed by atoms with Crippen LogP contribution in [-0.4, -0.2) is 48.4 Å². The van der Waals surface area contributed by atoms with Crippen LogP contribution in [0.5, 0.6) is 0 Å². The maximum Gasteiger partial charge on any atom is 0.338 e. The van der Waals surface area contributed by atoms with Crippen molar-refractivity contribution in [3.63, 3.8) is 0 Å². The Morgan fingerprint density at radius 3 is 2.73 bits per heavy atom. The molecule has 0 rings (SSSR count). The summed E-state index contributed by atoms with van der Waals surface area (Å²) in [5.74, 6) is 0.459. The molecule has 0 saturated heterocycles. The van der Waals surface area contributed by atoms with Crippen molar-refractivity contribution in [3.05, 3.63) is 0 Å². The summed E-state index contributed by atoms with van der Waals surface area (Å²) in [7, 11) is 1.27. The summed E-state index contributed by atoms with van der Waals surface area (Å²) in [6.07, 6.45) is 3.07. The number of thioether (sulfide) groups is 1. The van der Waals surface area contributed by atoms with Gasteiger partial charge < -0.3 is 15.2 Å². The number of hydrogen-bond acceptors (Lipinski definition) is 5. The standard InChI is InChI=1S/C10H21NO3S/c1-8(5-6-15-4)11-7-10(2,13)9(12)14-3/h8,11,13H,5-7H2,1-4H3. The quantitative estimate of drug-likeness (QED) is 0.634. The first-order chi connectivity index (χ1) is 6.94. The van der Waals surface area contributed by atoms with E-state index in [2.05, 4.69) is 16.3 Å². The summed E-state index contributed by atoms with van der Waals surface area (Å²) in [5.41, 5.74) is -1.44. The normalized spacial score (nSPS) is 16.9. The Hall–Kier alpha value is -0.260. The number of esters is 1. The first-order valence-corrected chi connectivity index (χ1v) is 6.36. The van der Waals surface area contributed by atoms with Crippen LogP contribution in [0.2, 0.25) is 0 Å². The Balaban J connectivity index is 3.87. The molecule has 5 heteroatoms. The summed E-state index contributed by atoms with van der Waals surface area (Å²) in [5, 5.41) is 12.8. The molecule has 0 spiro atoms. The molecule has 2 atom stereocenters. The molecule has 0 saturated carbocycles. The average Bonchev–Trinajstić information content (AvgIpc) is 2.22. The SMILES string of the molecule is COC(=O)C(C)(O)CNC(C)CCSC. The molecule has 0 bridgehead atoms. The molecule has 0 heterocycles. The van der Waals surface area contributed by atoms with Gasteiger partial charge in [-0.1, -0.05) is 0 Å². The van der Waals surface area contributed by atoms with Crippen molar-refractivity contribution >= 4 is 17.7 Å². The molecule has 0 aliphatic heterocycles. The zero-order chi connectivity index (χ0) is 11.9. The highest BCUT2D eigenvalue weighted by Gasteiger charge is 2.31. The molecule has 0 aromatic carbocycles. The number of rotatable bonds is 7. The van der Waals surface area contributed by atoms with Gasteiger partial charge in [-0.3, -0.25) is 0 Å². The Bertz CT molecular complexity index is 197. The van der Waals surface area contributed by atoms with Crippen molar-refractivity contribution in [1.29, 1.82) is 0 Å². The van der Waals surface area contributed by atoms with Crippen LogP contribution in [-0.2, 0) is 9.53 Å². The molecule has 0 radical (unpaired) electrons. The Morgan fingerprint density at radius 1 is 1.67 bits per heavy atom. The molecule has 15 heavy (non-hydrogen) atoms. The number of hydrogen-bond donors (Lipinski definition) is 2. The minimum Gasteiger partial charge on any atom is -0.467 e. The van der Waals surface area contributed by atoms with Crippen molar-refractivity contribution in [2.24, 2.45) is 0 Å². The summed E-state index contributed by atoms with van der Waals surface area (Å²) >= 11 is 1.78. The second-order valence-corrected chi connectivity index (χ2v) is 4.81. The van der Waals surface area contributed by atoms with Gasteiger partial charge in [0.2, 0.25) is 0 Å². The fraction of sp³-hybridized carbons (Fsp3) is 0.900. The number of nitrogens with one attached hydrogen (secondary N) is 1. The summed E-state index contributed by atoms with van der Waals surface area (Å²) < 4.78 is 4.50. The molecule has 0 amide bonds. The van der Waals surface area contributed by atoms with Crippen molar-refractivity contribution < 1.29 is 14.6 Å². The van der Waals surface area contributed by atoms with Gasteiger partial charge in [-0.2, -0.15) is 11.8 Å². The summed E-state index contributed by atoms with van der Waals surface area (Å²) in [6, 6.07) is 0.286. The second-order valence-electron chi connectivity index (χ2n) is 3.83. The number of methoxy groups -OCH3 is 1. The van der Waals surface area contributed by atoms with Gasteiger partial charge in [-0.05, 0) is 32.3 Å². The first-order valence-electron chi connectivity index (χ1n) is 4.97. The summed E-state index contributed by atoms with van der Waals surface area (Å²) in [4.78, 5) is 11.1. The van der Waals surface area contributed by atoms with E-state index in [4.69, 9.17) is 0 Å². The van der Waals surface area contributed by atoms with E-state index < -0.39 is 11.6 Å². The van der Waals surface area contributed by atoms with Gasteiger partial charge in [0.25, 0.3) is 0 Å². The lowest BCUT2D eigenvalue weighted by Crippen LogP contribution is -2.47. The second kappa shape index (κ2) is 7.09. The van der Waals surface area contributed by atoms with Crippen LogP contribution in [0.3, 0.4) is 0 Å². The molecule has 0 aliphatic carbocycles. The zero-order valence-corrected chi connectivity index (χ0v) is 10.7. The number of aliphatic hydroxyl groups is 1.